The van der Waals surface area contributed by atoms with Crippen LogP contribution in [0.5, 0.6) is 0 Å². The van der Waals surface area contributed by atoms with Gasteiger partial charge in [-0.1, -0.05) is 25.1 Å². The molecule has 0 atom stereocenters. The highest BCUT2D eigenvalue weighted by Gasteiger charge is 2.32. The van der Waals surface area contributed by atoms with Crippen LogP contribution in [-0.2, 0) is 30.6 Å². The second-order valence-corrected chi connectivity index (χ2v) is 8.75. The minimum atomic E-state index is -3.00. The Morgan fingerprint density at radius 1 is 0.971 bits per heavy atom. The average molecular weight is 473 g/mol. The summed E-state index contributed by atoms with van der Waals surface area (Å²) in [5, 5.41) is 0. The Kier molecular flexibility index (Phi) is 7.10. The standard InChI is InChI=1S/C29H28F2N3O/c1-4-29(30,31)27-17-21(8-11-26(27)22-12-14-34(3)20(2)15-22)16-25(35)18-24-10-9-23(19-33-24)28-7-5-6-13-32-28/h5-15,17,19H,4,16,18H2,1-3H3/q+1. The number of rotatable bonds is 8. The fourth-order valence-electron chi connectivity index (χ4n) is 4.00. The molecule has 3 aromatic heterocycles. The summed E-state index contributed by atoms with van der Waals surface area (Å²) in [6.07, 6.45) is 5.16. The van der Waals surface area contributed by atoms with Crippen LogP contribution in [0.25, 0.3) is 22.4 Å². The Morgan fingerprint density at radius 2 is 1.80 bits per heavy atom. The largest absolute Gasteiger partial charge is 0.299 e. The molecule has 35 heavy (non-hydrogen) atoms. The smallest absolute Gasteiger partial charge is 0.273 e. The molecule has 178 valence electrons. The number of aryl methyl sites for hydroxylation is 2. The van der Waals surface area contributed by atoms with Crippen LogP contribution >= 0.6 is 0 Å². The number of hydrogen-bond acceptors (Lipinski definition) is 3. The number of halogens is 2. The van der Waals surface area contributed by atoms with E-state index in [1.807, 2.05) is 61.1 Å². The number of alkyl halides is 2. The van der Waals surface area contributed by atoms with E-state index in [9.17, 15) is 13.6 Å². The molecule has 0 N–H and O–H groups in total. The maximum atomic E-state index is 14.9. The van der Waals surface area contributed by atoms with E-state index < -0.39 is 5.92 Å². The summed E-state index contributed by atoms with van der Waals surface area (Å²) in [5.74, 6) is -3.08. The van der Waals surface area contributed by atoms with Gasteiger partial charge >= 0.3 is 0 Å². The average Bonchev–Trinajstić information content (AvgIpc) is 2.86. The van der Waals surface area contributed by atoms with Crippen molar-refractivity contribution in [2.45, 2.75) is 39.0 Å². The Hall–Kier alpha value is -3.80. The van der Waals surface area contributed by atoms with Gasteiger partial charge in [-0.05, 0) is 47.0 Å². The second kappa shape index (κ2) is 10.2. The number of aromatic nitrogens is 3. The zero-order chi connectivity index (χ0) is 25.0. The second-order valence-electron chi connectivity index (χ2n) is 8.75. The monoisotopic (exact) mass is 472 g/mol. The third-order valence-corrected chi connectivity index (χ3v) is 6.20. The number of Topliss-reactive ketones (excluding diaryl/α,β-unsaturated/α-hetero) is 1. The molecule has 6 heteroatoms. The Morgan fingerprint density at radius 3 is 2.46 bits per heavy atom. The summed E-state index contributed by atoms with van der Waals surface area (Å²) in [4.78, 5) is 21.5. The van der Waals surface area contributed by atoms with Gasteiger partial charge in [-0.15, -0.1) is 0 Å². The Labute approximate surface area is 204 Å². The first-order chi connectivity index (χ1) is 16.8. The summed E-state index contributed by atoms with van der Waals surface area (Å²) in [6.45, 7) is 3.41. The van der Waals surface area contributed by atoms with Crippen molar-refractivity contribution in [1.82, 2.24) is 9.97 Å². The molecule has 3 heterocycles. The van der Waals surface area contributed by atoms with E-state index in [1.165, 1.54) is 13.0 Å². The van der Waals surface area contributed by atoms with E-state index in [0.717, 1.165) is 22.5 Å². The Balaban J connectivity index is 1.54. The summed E-state index contributed by atoms with van der Waals surface area (Å²) in [6, 6.07) is 18.0. The van der Waals surface area contributed by atoms with Crippen LogP contribution in [0, 0.1) is 6.92 Å². The normalized spacial score (nSPS) is 11.5. The lowest BCUT2D eigenvalue weighted by Gasteiger charge is -2.20. The molecule has 0 saturated carbocycles. The first-order valence-electron chi connectivity index (χ1n) is 11.6. The van der Waals surface area contributed by atoms with E-state index in [4.69, 9.17) is 0 Å². The van der Waals surface area contributed by atoms with Gasteiger partial charge in [-0.3, -0.25) is 14.8 Å². The van der Waals surface area contributed by atoms with Crippen LogP contribution in [0.2, 0.25) is 0 Å². The number of nitrogens with zero attached hydrogens (tertiary/aromatic N) is 3. The maximum Gasteiger partial charge on any atom is 0.273 e. The van der Waals surface area contributed by atoms with Crippen molar-refractivity contribution in [2.24, 2.45) is 7.05 Å². The molecular weight excluding hydrogens is 444 g/mol. The molecule has 0 unspecified atom stereocenters. The highest BCUT2D eigenvalue weighted by molar-refractivity contribution is 5.83. The molecule has 0 fully saturated rings. The van der Waals surface area contributed by atoms with Gasteiger partial charge in [-0.25, -0.2) is 13.3 Å². The van der Waals surface area contributed by atoms with E-state index in [2.05, 4.69) is 9.97 Å². The van der Waals surface area contributed by atoms with Gasteiger partial charge in [0, 0.05) is 67.5 Å². The molecular formula is C29H28F2N3O+. The number of hydrogen-bond donors (Lipinski definition) is 0. The van der Waals surface area contributed by atoms with Crippen LogP contribution < -0.4 is 4.57 Å². The van der Waals surface area contributed by atoms with Crippen molar-refractivity contribution in [1.29, 1.82) is 0 Å². The molecule has 0 radical (unpaired) electrons. The summed E-state index contributed by atoms with van der Waals surface area (Å²) in [5.41, 5.74) is 5.04. The van der Waals surface area contributed by atoms with Gasteiger partial charge in [0.05, 0.1) is 5.69 Å². The van der Waals surface area contributed by atoms with Crippen LogP contribution in [0.1, 0.15) is 35.9 Å². The van der Waals surface area contributed by atoms with Crippen molar-refractivity contribution < 1.29 is 18.1 Å². The summed E-state index contributed by atoms with van der Waals surface area (Å²) >= 11 is 0. The molecule has 0 saturated heterocycles. The molecule has 0 aliphatic carbocycles. The first-order valence-corrected chi connectivity index (χ1v) is 11.6. The lowest BCUT2D eigenvalue weighted by atomic mass is 9.91. The molecule has 4 aromatic rings. The van der Waals surface area contributed by atoms with Crippen molar-refractivity contribution in [3.05, 3.63) is 102 Å². The molecule has 1 aromatic carbocycles. The number of carbonyl (C=O) groups is 1. The van der Waals surface area contributed by atoms with Gasteiger partial charge < -0.3 is 0 Å². The fourth-order valence-corrected chi connectivity index (χ4v) is 4.00. The van der Waals surface area contributed by atoms with Gasteiger partial charge in [0.15, 0.2) is 11.9 Å². The molecule has 0 spiro atoms. The number of pyridine rings is 3. The maximum absolute atomic E-state index is 14.9. The summed E-state index contributed by atoms with van der Waals surface area (Å²) in [7, 11) is 1.91. The number of benzene rings is 1. The molecule has 0 aliphatic rings. The quantitative estimate of drug-likeness (QED) is 0.305. The molecule has 0 aliphatic heterocycles. The van der Waals surface area contributed by atoms with E-state index in [1.54, 1.807) is 30.6 Å². The third kappa shape index (κ3) is 5.65. The Bertz CT molecular complexity index is 1340. The van der Waals surface area contributed by atoms with Crippen LogP contribution in [0.3, 0.4) is 0 Å². The predicted molar refractivity (Wildman–Crippen MR) is 132 cm³/mol. The number of carbonyl (C=O) groups excluding carboxylic acids is 1. The van der Waals surface area contributed by atoms with Gasteiger partial charge in [-0.2, -0.15) is 0 Å². The molecule has 0 amide bonds. The minimum absolute atomic E-state index is 0.0450. The topological polar surface area (TPSA) is 46.7 Å². The SMILES string of the molecule is CCC(F)(F)c1cc(CC(=O)Cc2ccc(-c3ccccn3)cn2)ccc1-c1cc[n+](C)c(C)c1. The van der Waals surface area contributed by atoms with E-state index in [-0.39, 0.29) is 30.6 Å². The summed E-state index contributed by atoms with van der Waals surface area (Å²) < 4.78 is 31.8. The fraction of sp³-hybridized carbons (Fsp3) is 0.241. The van der Waals surface area contributed by atoms with E-state index >= 15 is 0 Å². The minimum Gasteiger partial charge on any atom is -0.299 e. The molecule has 4 rings (SSSR count). The molecule has 0 bridgehead atoms. The van der Waals surface area contributed by atoms with Crippen LogP contribution in [-0.4, -0.2) is 15.8 Å². The van der Waals surface area contributed by atoms with Gasteiger partial charge in [0.2, 0.25) is 0 Å². The highest BCUT2D eigenvalue weighted by atomic mass is 19.3. The lowest BCUT2D eigenvalue weighted by molar-refractivity contribution is -0.677. The van der Waals surface area contributed by atoms with Crippen molar-refractivity contribution >= 4 is 5.78 Å². The van der Waals surface area contributed by atoms with Gasteiger partial charge in [0.1, 0.15) is 12.8 Å². The highest BCUT2D eigenvalue weighted by Crippen LogP contribution is 2.39. The predicted octanol–water partition coefficient (Wildman–Crippen LogP) is 5.80. The van der Waals surface area contributed by atoms with E-state index in [0.29, 0.717) is 16.8 Å². The zero-order valence-corrected chi connectivity index (χ0v) is 20.1. The zero-order valence-electron chi connectivity index (χ0n) is 20.1. The lowest BCUT2D eigenvalue weighted by Crippen LogP contribution is -2.30. The van der Waals surface area contributed by atoms with Crippen molar-refractivity contribution in [2.75, 3.05) is 0 Å². The third-order valence-electron chi connectivity index (χ3n) is 6.20. The van der Waals surface area contributed by atoms with Crippen LogP contribution in [0.4, 0.5) is 8.78 Å². The van der Waals surface area contributed by atoms with Gasteiger partial charge in [0.25, 0.3) is 5.92 Å². The number of ketones is 1. The van der Waals surface area contributed by atoms with Crippen LogP contribution in [0.15, 0.2) is 79.3 Å². The first kappa shape index (κ1) is 24.3. The van der Waals surface area contributed by atoms with Crippen molar-refractivity contribution in [3.8, 4) is 22.4 Å². The molecule has 4 nitrogen and oxygen atoms in total. The van der Waals surface area contributed by atoms with Crippen molar-refractivity contribution in [3.63, 3.8) is 0 Å².